The monoisotopic (exact) mass is 295 g/mol. The molecule has 0 bridgehead atoms. The first-order chi connectivity index (χ1) is 10.3. The molecule has 21 heavy (non-hydrogen) atoms. The summed E-state index contributed by atoms with van der Waals surface area (Å²) in [5.74, 6) is 0.515. The van der Waals surface area contributed by atoms with Crippen LogP contribution in [0.15, 0.2) is 53.9 Å². The van der Waals surface area contributed by atoms with Crippen LogP contribution < -0.4 is 0 Å². The summed E-state index contributed by atoms with van der Waals surface area (Å²) in [7, 11) is 0. The van der Waals surface area contributed by atoms with Gasteiger partial charge in [0, 0.05) is 10.9 Å². The molecule has 102 valence electrons. The zero-order valence-electron chi connectivity index (χ0n) is 10.9. The van der Waals surface area contributed by atoms with Gasteiger partial charge >= 0.3 is 0 Å². The van der Waals surface area contributed by atoms with Crippen LogP contribution in [0.1, 0.15) is 0 Å². The highest BCUT2D eigenvalue weighted by molar-refractivity contribution is 7.13. The fourth-order valence-corrected chi connectivity index (χ4v) is 2.96. The van der Waals surface area contributed by atoms with Crippen LogP contribution in [0, 0.1) is 5.82 Å². The number of H-pyrrole nitrogens is 1. The quantitative estimate of drug-likeness (QED) is 0.592. The van der Waals surface area contributed by atoms with Crippen molar-refractivity contribution >= 4 is 22.4 Å². The molecule has 3 nitrogen and oxygen atoms in total. The number of fused-ring (bicyclic) bond motifs is 1. The van der Waals surface area contributed by atoms with E-state index in [0.717, 1.165) is 33.1 Å². The lowest BCUT2D eigenvalue weighted by atomic mass is 10.2. The van der Waals surface area contributed by atoms with Crippen molar-refractivity contribution in [3.63, 3.8) is 0 Å². The van der Waals surface area contributed by atoms with E-state index in [1.165, 1.54) is 23.5 Å². The Hall–Kier alpha value is -2.53. The zero-order chi connectivity index (χ0) is 14.2. The van der Waals surface area contributed by atoms with E-state index in [1.807, 2.05) is 29.6 Å². The number of hydrogen-bond acceptors (Lipinski definition) is 3. The number of hydrogen-bond donors (Lipinski definition) is 1. The molecule has 0 atom stereocenters. The molecule has 0 radical (unpaired) electrons. The number of imidazole rings is 1. The minimum atomic E-state index is -0.244. The Balaban J connectivity index is 1.75. The van der Waals surface area contributed by atoms with Crippen LogP contribution in [0.4, 0.5) is 4.39 Å². The number of nitrogens with one attached hydrogen (secondary N) is 1. The zero-order valence-corrected chi connectivity index (χ0v) is 11.7. The molecule has 0 fully saturated rings. The van der Waals surface area contributed by atoms with Gasteiger partial charge in [-0.3, -0.25) is 0 Å². The Bertz CT molecular complexity index is 876. The van der Waals surface area contributed by atoms with Gasteiger partial charge < -0.3 is 4.98 Å². The minimum Gasteiger partial charge on any atom is -0.336 e. The molecule has 0 unspecified atom stereocenters. The number of halogens is 1. The molecule has 0 aliphatic rings. The van der Waals surface area contributed by atoms with Crippen LogP contribution in [-0.4, -0.2) is 15.0 Å². The molecule has 2 aromatic heterocycles. The summed E-state index contributed by atoms with van der Waals surface area (Å²) >= 11 is 1.52. The molecule has 0 amide bonds. The largest absolute Gasteiger partial charge is 0.336 e. The molecule has 1 N–H and O–H groups in total. The van der Waals surface area contributed by atoms with E-state index in [-0.39, 0.29) is 5.82 Å². The highest BCUT2D eigenvalue weighted by Gasteiger charge is 2.10. The number of nitrogens with zero attached hydrogens (tertiary/aromatic N) is 2. The molecule has 2 aromatic carbocycles. The second-order valence-corrected chi connectivity index (χ2v) is 5.51. The first kappa shape index (κ1) is 12.2. The van der Waals surface area contributed by atoms with Crippen molar-refractivity contribution in [1.82, 2.24) is 15.0 Å². The second kappa shape index (κ2) is 4.79. The Morgan fingerprint density at radius 3 is 2.57 bits per heavy atom. The molecule has 2 heterocycles. The predicted molar refractivity (Wildman–Crippen MR) is 82.6 cm³/mol. The average molecular weight is 295 g/mol. The van der Waals surface area contributed by atoms with Crippen LogP contribution in [0.3, 0.4) is 0 Å². The SMILES string of the molecule is Fc1ccc(-c2csc(-c3nc4ccccc4[nH]3)n2)cc1. The third-order valence-corrected chi connectivity index (χ3v) is 4.09. The molecule has 4 rings (SSSR count). The van der Waals surface area contributed by atoms with E-state index in [2.05, 4.69) is 15.0 Å². The van der Waals surface area contributed by atoms with Crippen molar-refractivity contribution in [1.29, 1.82) is 0 Å². The normalized spacial score (nSPS) is 11.1. The molecule has 0 spiro atoms. The third kappa shape index (κ3) is 2.21. The maximum Gasteiger partial charge on any atom is 0.167 e. The Morgan fingerprint density at radius 2 is 1.76 bits per heavy atom. The number of aromatic nitrogens is 3. The van der Waals surface area contributed by atoms with E-state index in [1.54, 1.807) is 12.1 Å². The van der Waals surface area contributed by atoms with Crippen molar-refractivity contribution in [3.05, 3.63) is 59.7 Å². The van der Waals surface area contributed by atoms with Gasteiger partial charge in [0.25, 0.3) is 0 Å². The van der Waals surface area contributed by atoms with Gasteiger partial charge in [0.1, 0.15) is 5.82 Å². The molecule has 0 aliphatic heterocycles. The first-order valence-corrected chi connectivity index (χ1v) is 7.34. The Kier molecular flexibility index (Phi) is 2.79. The molecule has 0 saturated heterocycles. The maximum atomic E-state index is 13.0. The van der Waals surface area contributed by atoms with E-state index in [9.17, 15) is 4.39 Å². The number of para-hydroxylation sites is 2. The summed E-state index contributed by atoms with van der Waals surface area (Å²) in [5, 5.41) is 2.78. The van der Waals surface area contributed by atoms with Crippen molar-refractivity contribution in [2.24, 2.45) is 0 Å². The van der Waals surface area contributed by atoms with E-state index < -0.39 is 0 Å². The van der Waals surface area contributed by atoms with E-state index in [0.29, 0.717) is 0 Å². The minimum absolute atomic E-state index is 0.244. The van der Waals surface area contributed by atoms with Gasteiger partial charge in [-0.05, 0) is 36.4 Å². The van der Waals surface area contributed by atoms with Gasteiger partial charge in [0.15, 0.2) is 10.8 Å². The number of aromatic amines is 1. The molecule has 0 aliphatic carbocycles. The summed E-state index contributed by atoms with van der Waals surface area (Å²) < 4.78 is 13.0. The molecular weight excluding hydrogens is 285 g/mol. The predicted octanol–water partition coefficient (Wildman–Crippen LogP) is 4.49. The standard InChI is InChI=1S/C16H10FN3S/c17-11-7-5-10(6-8-11)14-9-21-16(20-14)15-18-12-3-1-2-4-13(12)19-15/h1-9H,(H,18,19). The highest BCUT2D eigenvalue weighted by atomic mass is 32.1. The molecule has 5 heteroatoms. The number of benzene rings is 2. The van der Waals surface area contributed by atoms with Gasteiger partial charge in [-0.1, -0.05) is 12.1 Å². The summed E-state index contributed by atoms with van der Waals surface area (Å²) in [6.07, 6.45) is 0. The van der Waals surface area contributed by atoms with Crippen LogP contribution in [0.2, 0.25) is 0 Å². The van der Waals surface area contributed by atoms with Gasteiger partial charge in [0.05, 0.1) is 16.7 Å². The van der Waals surface area contributed by atoms with Crippen molar-refractivity contribution in [2.75, 3.05) is 0 Å². The third-order valence-electron chi connectivity index (χ3n) is 3.24. The van der Waals surface area contributed by atoms with E-state index >= 15 is 0 Å². The van der Waals surface area contributed by atoms with Crippen molar-refractivity contribution in [3.8, 4) is 22.1 Å². The Morgan fingerprint density at radius 1 is 0.952 bits per heavy atom. The van der Waals surface area contributed by atoms with Crippen molar-refractivity contribution in [2.45, 2.75) is 0 Å². The Labute approximate surface area is 124 Å². The van der Waals surface area contributed by atoms with E-state index in [4.69, 9.17) is 0 Å². The van der Waals surface area contributed by atoms with Crippen LogP contribution in [-0.2, 0) is 0 Å². The summed E-state index contributed by atoms with van der Waals surface area (Å²) in [5.41, 5.74) is 3.64. The van der Waals surface area contributed by atoms with Crippen LogP contribution in [0.25, 0.3) is 33.1 Å². The lowest BCUT2D eigenvalue weighted by Crippen LogP contribution is -1.81. The van der Waals surface area contributed by atoms with Gasteiger partial charge in [-0.25, -0.2) is 14.4 Å². The summed E-state index contributed by atoms with van der Waals surface area (Å²) in [6.45, 7) is 0. The van der Waals surface area contributed by atoms with Gasteiger partial charge in [-0.2, -0.15) is 0 Å². The van der Waals surface area contributed by atoms with Gasteiger partial charge in [0.2, 0.25) is 0 Å². The average Bonchev–Trinajstić information content (AvgIpc) is 3.14. The summed E-state index contributed by atoms with van der Waals surface area (Å²) in [4.78, 5) is 12.4. The second-order valence-electron chi connectivity index (χ2n) is 4.65. The first-order valence-electron chi connectivity index (χ1n) is 6.46. The number of thiazole rings is 1. The highest BCUT2D eigenvalue weighted by Crippen LogP contribution is 2.28. The van der Waals surface area contributed by atoms with Gasteiger partial charge in [-0.15, -0.1) is 11.3 Å². The van der Waals surface area contributed by atoms with Crippen LogP contribution in [0.5, 0.6) is 0 Å². The molecule has 4 aromatic rings. The lowest BCUT2D eigenvalue weighted by molar-refractivity contribution is 0.628. The molecular formula is C16H10FN3S. The lowest BCUT2D eigenvalue weighted by Gasteiger charge is -1.95. The fraction of sp³-hybridized carbons (Fsp3) is 0. The topological polar surface area (TPSA) is 41.6 Å². The fourth-order valence-electron chi connectivity index (χ4n) is 2.19. The smallest absolute Gasteiger partial charge is 0.167 e. The van der Waals surface area contributed by atoms with Crippen LogP contribution >= 0.6 is 11.3 Å². The maximum absolute atomic E-state index is 13.0. The van der Waals surface area contributed by atoms with Crippen molar-refractivity contribution < 1.29 is 4.39 Å². The summed E-state index contributed by atoms with van der Waals surface area (Å²) in [6, 6.07) is 14.2. The number of rotatable bonds is 2. The molecule has 0 saturated carbocycles.